The van der Waals surface area contributed by atoms with Crippen molar-refractivity contribution < 1.29 is 9.53 Å². The highest BCUT2D eigenvalue weighted by molar-refractivity contribution is 5.76. The van der Waals surface area contributed by atoms with Crippen molar-refractivity contribution in [3.8, 4) is 5.75 Å². The zero-order valence-corrected chi connectivity index (χ0v) is 14.9. The van der Waals surface area contributed by atoms with Crippen LogP contribution in [0.25, 0.3) is 0 Å². The first-order valence-corrected chi connectivity index (χ1v) is 8.54. The zero-order chi connectivity index (χ0) is 17.0. The van der Waals surface area contributed by atoms with E-state index in [1.807, 2.05) is 4.90 Å². The lowest BCUT2D eigenvalue weighted by Crippen LogP contribution is -2.43. The Hall–Kier alpha value is -1.55. The molecule has 2 rings (SSSR count). The summed E-state index contributed by atoms with van der Waals surface area (Å²) in [6.07, 6.45) is 2.23. The van der Waals surface area contributed by atoms with Gasteiger partial charge in [0, 0.05) is 19.1 Å². The van der Waals surface area contributed by atoms with Gasteiger partial charge in [-0.3, -0.25) is 4.79 Å². The molecule has 23 heavy (non-hydrogen) atoms. The van der Waals surface area contributed by atoms with E-state index in [1.165, 1.54) is 11.1 Å². The van der Waals surface area contributed by atoms with Gasteiger partial charge in [-0.15, -0.1) is 0 Å². The second-order valence-electron chi connectivity index (χ2n) is 7.57. The van der Waals surface area contributed by atoms with Crippen molar-refractivity contribution in [1.82, 2.24) is 4.90 Å². The lowest BCUT2D eigenvalue weighted by molar-refractivity contribution is -0.132. The number of hydrogen-bond acceptors (Lipinski definition) is 3. The number of benzene rings is 1. The van der Waals surface area contributed by atoms with Gasteiger partial charge in [0.2, 0.25) is 5.91 Å². The largest absolute Gasteiger partial charge is 0.493 e. The standard InChI is InChI=1S/C19H30N2O2/c1-14-5-6-16(19(2,3)4)17(13-14)23-12-9-18(22)21-10-7-15(20)8-11-21/h5-6,13,15H,7-12,20H2,1-4H3. The fraction of sp³-hybridized carbons (Fsp3) is 0.632. The molecule has 0 spiro atoms. The second-order valence-corrected chi connectivity index (χ2v) is 7.57. The highest BCUT2D eigenvalue weighted by Gasteiger charge is 2.21. The molecule has 0 unspecified atom stereocenters. The maximum absolute atomic E-state index is 12.2. The Morgan fingerprint density at radius 1 is 1.30 bits per heavy atom. The van der Waals surface area contributed by atoms with Crippen molar-refractivity contribution in [2.24, 2.45) is 5.73 Å². The maximum Gasteiger partial charge on any atom is 0.225 e. The van der Waals surface area contributed by atoms with Crippen LogP contribution in [0.2, 0.25) is 0 Å². The van der Waals surface area contributed by atoms with Crippen LogP contribution in [0.4, 0.5) is 0 Å². The third-order valence-electron chi connectivity index (χ3n) is 4.41. The maximum atomic E-state index is 12.2. The third kappa shape index (κ3) is 4.96. The molecule has 0 atom stereocenters. The van der Waals surface area contributed by atoms with Crippen LogP contribution in [-0.4, -0.2) is 36.5 Å². The van der Waals surface area contributed by atoms with E-state index >= 15 is 0 Å². The molecule has 1 amide bonds. The molecule has 1 aliphatic rings. The third-order valence-corrected chi connectivity index (χ3v) is 4.41. The van der Waals surface area contributed by atoms with E-state index in [9.17, 15) is 4.79 Å². The molecule has 4 heteroatoms. The molecule has 0 aliphatic carbocycles. The predicted molar refractivity (Wildman–Crippen MR) is 93.8 cm³/mol. The molecular formula is C19H30N2O2. The summed E-state index contributed by atoms with van der Waals surface area (Å²) < 4.78 is 5.95. The van der Waals surface area contributed by atoms with Crippen LogP contribution in [0.3, 0.4) is 0 Å². The minimum Gasteiger partial charge on any atom is -0.493 e. The lowest BCUT2D eigenvalue weighted by atomic mass is 9.86. The van der Waals surface area contributed by atoms with Crippen LogP contribution in [-0.2, 0) is 10.2 Å². The van der Waals surface area contributed by atoms with Crippen LogP contribution in [0, 0.1) is 6.92 Å². The molecule has 4 nitrogen and oxygen atoms in total. The number of nitrogens with two attached hydrogens (primary N) is 1. The minimum absolute atomic E-state index is 0.0239. The minimum atomic E-state index is 0.0239. The molecule has 1 heterocycles. The van der Waals surface area contributed by atoms with Crippen molar-refractivity contribution in [3.05, 3.63) is 29.3 Å². The van der Waals surface area contributed by atoms with Crippen molar-refractivity contribution in [1.29, 1.82) is 0 Å². The van der Waals surface area contributed by atoms with Crippen molar-refractivity contribution in [2.75, 3.05) is 19.7 Å². The molecule has 2 N–H and O–H groups in total. The average Bonchev–Trinajstić information content (AvgIpc) is 2.46. The molecule has 0 bridgehead atoms. The molecule has 0 aromatic heterocycles. The molecule has 0 saturated carbocycles. The molecule has 1 saturated heterocycles. The van der Waals surface area contributed by atoms with E-state index in [1.54, 1.807) is 0 Å². The quantitative estimate of drug-likeness (QED) is 0.928. The van der Waals surface area contributed by atoms with Gasteiger partial charge in [-0.1, -0.05) is 32.9 Å². The molecule has 128 valence electrons. The van der Waals surface area contributed by atoms with E-state index in [0.717, 1.165) is 31.7 Å². The van der Waals surface area contributed by atoms with Gasteiger partial charge in [0.1, 0.15) is 5.75 Å². The summed E-state index contributed by atoms with van der Waals surface area (Å²) in [6, 6.07) is 6.54. The summed E-state index contributed by atoms with van der Waals surface area (Å²) in [7, 11) is 0. The van der Waals surface area contributed by atoms with Crippen LogP contribution >= 0.6 is 0 Å². The number of rotatable bonds is 4. The number of carbonyl (C=O) groups excluding carboxylic acids is 1. The van der Waals surface area contributed by atoms with E-state index < -0.39 is 0 Å². The topological polar surface area (TPSA) is 55.6 Å². The highest BCUT2D eigenvalue weighted by Crippen LogP contribution is 2.32. The Bertz CT molecular complexity index is 541. The summed E-state index contributed by atoms with van der Waals surface area (Å²) in [5.74, 6) is 1.06. The molecule has 1 fully saturated rings. The van der Waals surface area contributed by atoms with Crippen molar-refractivity contribution in [2.45, 2.75) is 58.4 Å². The van der Waals surface area contributed by atoms with E-state index in [-0.39, 0.29) is 17.4 Å². The fourth-order valence-electron chi connectivity index (χ4n) is 2.92. The first-order chi connectivity index (χ1) is 10.8. The number of likely N-dealkylation sites (tertiary alicyclic amines) is 1. The molecule has 1 aromatic carbocycles. The van der Waals surface area contributed by atoms with E-state index in [4.69, 9.17) is 10.5 Å². The number of piperidine rings is 1. The summed E-state index contributed by atoms with van der Waals surface area (Å²) in [5, 5.41) is 0. The SMILES string of the molecule is Cc1ccc(C(C)(C)C)c(OCCC(=O)N2CCC(N)CC2)c1. The van der Waals surface area contributed by atoms with E-state index in [2.05, 4.69) is 45.9 Å². The molecule has 1 aromatic rings. The van der Waals surface area contributed by atoms with Gasteiger partial charge in [0.15, 0.2) is 0 Å². The first-order valence-electron chi connectivity index (χ1n) is 8.54. The number of nitrogens with zero attached hydrogens (tertiary/aromatic N) is 1. The number of carbonyl (C=O) groups is 1. The van der Waals surface area contributed by atoms with Crippen LogP contribution in [0.1, 0.15) is 51.2 Å². The zero-order valence-electron chi connectivity index (χ0n) is 14.9. The Morgan fingerprint density at radius 2 is 1.96 bits per heavy atom. The predicted octanol–water partition coefficient (Wildman–Crippen LogP) is 3.01. The van der Waals surface area contributed by atoms with Crippen LogP contribution in [0.5, 0.6) is 5.75 Å². The van der Waals surface area contributed by atoms with E-state index in [0.29, 0.717) is 13.0 Å². The summed E-state index contributed by atoms with van der Waals surface area (Å²) in [4.78, 5) is 14.2. The molecule has 0 radical (unpaired) electrons. The van der Waals surface area contributed by atoms with Gasteiger partial charge in [-0.05, 0) is 42.4 Å². The number of aryl methyl sites for hydroxylation is 1. The monoisotopic (exact) mass is 318 g/mol. The average molecular weight is 318 g/mol. The summed E-state index contributed by atoms with van der Waals surface area (Å²) in [5.41, 5.74) is 8.26. The van der Waals surface area contributed by atoms with Gasteiger partial charge in [0.25, 0.3) is 0 Å². The van der Waals surface area contributed by atoms with Gasteiger partial charge in [-0.2, -0.15) is 0 Å². The Morgan fingerprint density at radius 3 is 2.57 bits per heavy atom. The van der Waals surface area contributed by atoms with Gasteiger partial charge in [0.05, 0.1) is 13.0 Å². The Kier molecular flexibility index (Phi) is 5.69. The highest BCUT2D eigenvalue weighted by atomic mass is 16.5. The Balaban J connectivity index is 1.91. The van der Waals surface area contributed by atoms with Crippen molar-refractivity contribution >= 4 is 5.91 Å². The fourth-order valence-corrected chi connectivity index (χ4v) is 2.92. The number of hydrogen-bond donors (Lipinski definition) is 1. The normalized spacial score (nSPS) is 16.5. The van der Waals surface area contributed by atoms with Crippen LogP contribution < -0.4 is 10.5 Å². The van der Waals surface area contributed by atoms with Gasteiger partial charge >= 0.3 is 0 Å². The smallest absolute Gasteiger partial charge is 0.225 e. The van der Waals surface area contributed by atoms with Crippen molar-refractivity contribution in [3.63, 3.8) is 0 Å². The van der Waals surface area contributed by atoms with Gasteiger partial charge < -0.3 is 15.4 Å². The van der Waals surface area contributed by atoms with Gasteiger partial charge in [-0.25, -0.2) is 0 Å². The number of amides is 1. The second kappa shape index (κ2) is 7.35. The number of ether oxygens (including phenoxy) is 1. The summed E-state index contributed by atoms with van der Waals surface area (Å²) >= 11 is 0. The van der Waals surface area contributed by atoms with Crippen LogP contribution in [0.15, 0.2) is 18.2 Å². The molecule has 1 aliphatic heterocycles. The molecular weight excluding hydrogens is 288 g/mol. The summed E-state index contributed by atoms with van der Waals surface area (Å²) in [6.45, 7) is 10.6. The lowest BCUT2D eigenvalue weighted by Gasteiger charge is -2.30. The Labute approximate surface area is 140 Å². The first kappa shape index (κ1) is 17.8.